The van der Waals surface area contributed by atoms with Crippen molar-refractivity contribution in [1.29, 1.82) is 0 Å². The van der Waals surface area contributed by atoms with Crippen LogP contribution < -0.4 is 10.6 Å². The van der Waals surface area contributed by atoms with Crippen molar-refractivity contribution >= 4 is 21.7 Å². The molecule has 7 heteroatoms. The molecule has 0 saturated heterocycles. The Morgan fingerprint density at radius 3 is 2.20 bits per heavy atom. The van der Waals surface area contributed by atoms with Crippen molar-refractivity contribution in [1.82, 2.24) is 9.62 Å². The molecule has 156 valence electrons. The number of nitrogens with zero attached hydrogens (tertiary/aromatic N) is 1. The third-order valence-corrected chi connectivity index (χ3v) is 6.59. The van der Waals surface area contributed by atoms with Gasteiger partial charge in [-0.05, 0) is 47.9 Å². The second kappa shape index (κ2) is 9.56. The van der Waals surface area contributed by atoms with E-state index in [2.05, 4.69) is 10.6 Å². The highest BCUT2D eigenvalue weighted by Gasteiger charge is 2.20. The maximum absolute atomic E-state index is 12.8. The minimum atomic E-state index is -3.63. The van der Waals surface area contributed by atoms with Crippen molar-refractivity contribution in [3.63, 3.8) is 0 Å². The summed E-state index contributed by atoms with van der Waals surface area (Å²) < 4.78 is 26.9. The molecule has 0 aliphatic carbocycles. The van der Waals surface area contributed by atoms with Crippen molar-refractivity contribution in [3.8, 4) is 0 Å². The lowest BCUT2D eigenvalue weighted by atomic mass is 10.1. The fourth-order valence-electron chi connectivity index (χ4n) is 2.97. The van der Waals surface area contributed by atoms with Crippen molar-refractivity contribution in [2.45, 2.75) is 24.9 Å². The van der Waals surface area contributed by atoms with E-state index in [0.29, 0.717) is 12.2 Å². The zero-order chi connectivity index (χ0) is 21.6. The number of nitrogens with one attached hydrogen (secondary N) is 2. The molecular formula is C23H25N3O3S. The van der Waals surface area contributed by atoms with Crippen molar-refractivity contribution in [2.75, 3.05) is 12.4 Å². The van der Waals surface area contributed by atoms with Gasteiger partial charge in [0, 0.05) is 25.8 Å². The number of amides is 2. The number of aryl methyl sites for hydroxylation is 1. The molecule has 0 aliphatic rings. The minimum absolute atomic E-state index is 0.173. The number of hydrogen-bond acceptors (Lipinski definition) is 3. The number of carbonyl (C=O) groups is 1. The molecule has 3 aromatic rings. The maximum Gasteiger partial charge on any atom is 0.319 e. The first-order chi connectivity index (χ1) is 14.4. The van der Waals surface area contributed by atoms with Crippen molar-refractivity contribution in [2.24, 2.45) is 0 Å². The summed E-state index contributed by atoms with van der Waals surface area (Å²) in [5.74, 6) is 0. The van der Waals surface area contributed by atoms with Crippen LogP contribution in [0.1, 0.15) is 16.7 Å². The quantitative estimate of drug-likeness (QED) is 0.600. The predicted octanol–water partition coefficient (Wildman–Crippen LogP) is 4.14. The summed E-state index contributed by atoms with van der Waals surface area (Å²) in [6.45, 7) is 2.68. The normalized spacial score (nSPS) is 11.3. The first-order valence-electron chi connectivity index (χ1n) is 9.56. The van der Waals surface area contributed by atoms with Gasteiger partial charge < -0.3 is 10.6 Å². The Labute approximate surface area is 177 Å². The highest BCUT2D eigenvalue weighted by molar-refractivity contribution is 7.89. The summed E-state index contributed by atoms with van der Waals surface area (Å²) in [6, 6.07) is 23.0. The van der Waals surface area contributed by atoms with Gasteiger partial charge in [-0.15, -0.1) is 0 Å². The molecule has 0 bridgehead atoms. The standard InChI is InChI=1S/C23H25N3O3S/c1-18-8-6-7-11-20(18)16-24-23(27)25-21-12-14-22(15-13-21)30(28,29)26(2)17-19-9-4-3-5-10-19/h3-15H,16-17H2,1-2H3,(H2,24,25,27). The Hall–Kier alpha value is -3.16. The van der Waals surface area contributed by atoms with Gasteiger partial charge in [-0.3, -0.25) is 0 Å². The predicted molar refractivity (Wildman–Crippen MR) is 119 cm³/mol. The third-order valence-electron chi connectivity index (χ3n) is 4.77. The number of anilines is 1. The lowest BCUT2D eigenvalue weighted by Gasteiger charge is -2.17. The zero-order valence-corrected chi connectivity index (χ0v) is 17.8. The highest BCUT2D eigenvalue weighted by Crippen LogP contribution is 2.19. The van der Waals surface area contributed by atoms with E-state index in [9.17, 15) is 13.2 Å². The lowest BCUT2D eigenvalue weighted by Crippen LogP contribution is -2.28. The molecule has 0 fully saturated rings. The van der Waals surface area contributed by atoms with E-state index < -0.39 is 10.0 Å². The summed E-state index contributed by atoms with van der Waals surface area (Å²) in [6.07, 6.45) is 0. The summed E-state index contributed by atoms with van der Waals surface area (Å²) in [7, 11) is -2.08. The number of rotatable bonds is 7. The molecule has 0 heterocycles. The SMILES string of the molecule is Cc1ccccc1CNC(=O)Nc1ccc(S(=O)(=O)N(C)Cc2ccccc2)cc1. The van der Waals surface area contributed by atoms with Crippen LogP contribution in [-0.2, 0) is 23.1 Å². The van der Waals surface area contributed by atoms with Crippen LogP contribution in [0.5, 0.6) is 0 Å². The van der Waals surface area contributed by atoms with Crippen molar-refractivity contribution in [3.05, 3.63) is 95.6 Å². The van der Waals surface area contributed by atoms with Crippen LogP contribution in [0.2, 0.25) is 0 Å². The molecule has 3 rings (SSSR count). The van der Waals surface area contributed by atoms with Gasteiger partial charge in [-0.1, -0.05) is 54.6 Å². The number of urea groups is 1. The van der Waals surface area contributed by atoms with Crippen LogP contribution in [0.3, 0.4) is 0 Å². The van der Waals surface area contributed by atoms with Gasteiger partial charge in [-0.2, -0.15) is 4.31 Å². The first kappa shape index (κ1) is 21.5. The second-order valence-electron chi connectivity index (χ2n) is 7.01. The highest BCUT2D eigenvalue weighted by atomic mass is 32.2. The van der Waals surface area contributed by atoms with Crippen LogP contribution >= 0.6 is 0 Å². The molecule has 2 N–H and O–H groups in total. The Balaban J connectivity index is 1.59. The number of carbonyl (C=O) groups excluding carboxylic acids is 1. The zero-order valence-electron chi connectivity index (χ0n) is 17.0. The van der Waals surface area contributed by atoms with Crippen LogP contribution in [0.15, 0.2) is 83.8 Å². The van der Waals surface area contributed by atoms with Gasteiger partial charge in [0.1, 0.15) is 0 Å². The molecule has 0 radical (unpaired) electrons. The Morgan fingerprint density at radius 2 is 1.53 bits per heavy atom. The van der Waals surface area contributed by atoms with Gasteiger partial charge in [0.25, 0.3) is 0 Å². The Morgan fingerprint density at radius 1 is 0.900 bits per heavy atom. The fourth-order valence-corrected chi connectivity index (χ4v) is 4.13. The molecule has 0 aromatic heterocycles. The van der Waals surface area contributed by atoms with Crippen LogP contribution in [-0.4, -0.2) is 25.8 Å². The van der Waals surface area contributed by atoms with Crippen LogP contribution in [0.25, 0.3) is 0 Å². The van der Waals surface area contributed by atoms with E-state index in [1.165, 1.54) is 16.4 Å². The van der Waals surface area contributed by atoms with Gasteiger partial charge >= 0.3 is 6.03 Å². The van der Waals surface area contributed by atoms with Gasteiger partial charge in [0.05, 0.1) is 4.90 Å². The molecule has 0 atom stereocenters. The Kier molecular flexibility index (Phi) is 6.87. The summed E-state index contributed by atoms with van der Waals surface area (Å²) in [4.78, 5) is 12.3. The largest absolute Gasteiger partial charge is 0.334 e. The van der Waals surface area contributed by atoms with E-state index in [-0.39, 0.29) is 17.5 Å². The number of sulfonamides is 1. The summed E-state index contributed by atoms with van der Waals surface area (Å²) in [5.41, 5.74) is 3.57. The number of hydrogen-bond donors (Lipinski definition) is 2. The fraction of sp³-hybridized carbons (Fsp3) is 0.174. The molecule has 0 unspecified atom stereocenters. The van der Waals surface area contributed by atoms with Crippen LogP contribution in [0, 0.1) is 6.92 Å². The number of benzene rings is 3. The van der Waals surface area contributed by atoms with Crippen LogP contribution in [0.4, 0.5) is 10.5 Å². The topological polar surface area (TPSA) is 78.5 Å². The molecule has 3 aromatic carbocycles. The Bertz CT molecular complexity index is 1100. The van der Waals surface area contributed by atoms with Gasteiger partial charge in [0.2, 0.25) is 10.0 Å². The molecule has 30 heavy (non-hydrogen) atoms. The average molecular weight is 424 g/mol. The molecule has 0 saturated carbocycles. The first-order valence-corrected chi connectivity index (χ1v) is 11.0. The monoisotopic (exact) mass is 423 g/mol. The summed E-state index contributed by atoms with van der Waals surface area (Å²) >= 11 is 0. The molecule has 0 aliphatic heterocycles. The average Bonchev–Trinajstić information content (AvgIpc) is 2.74. The third kappa shape index (κ3) is 5.46. The second-order valence-corrected chi connectivity index (χ2v) is 9.05. The molecule has 0 spiro atoms. The van der Waals surface area contributed by atoms with Gasteiger partial charge in [0.15, 0.2) is 0 Å². The summed E-state index contributed by atoms with van der Waals surface area (Å²) in [5, 5.41) is 5.52. The maximum atomic E-state index is 12.8. The molecule has 2 amide bonds. The van der Waals surface area contributed by atoms with E-state index in [4.69, 9.17) is 0 Å². The van der Waals surface area contributed by atoms with E-state index >= 15 is 0 Å². The minimum Gasteiger partial charge on any atom is -0.334 e. The van der Waals surface area contributed by atoms with E-state index in [1.54, 1.807) is 19.2 Å². The van der Waals surface area contributed by atoms with E-state index in [1.807, 2.05) is 61.5 Å². The van der Waals surface area contributed by atoms with E-state index in [0.717, 1.165) is 16.7 Å². The smallest absolute Gasteiger partial charge is 0.319 e. The molecule has 6 nitrogen and oxygen atoms in total. The van der Waals surface area contributed by atoms with Crippen molar-refractivity contribution < 1.29 is 13.2 Å². The molecular weight excluding hydrogens is 398 g/mol. The van der Waals surface area contributed by atoms with Gasteiger partial charge in [-0.25, -0.2) is 13.2 Å². The lowest BCUT2D eigenvalue weighted by molar-refractivity contribution is 0.251.